The zero-order chi connectivity index (χ0) is 18.4. The summed E-state index contributed by atoms with van der Waals surface area (Å²) < 4.78 is 4.28. The largest absolute Gasteiger partial charge is 0.304 e. The average molecular weight is 358 g/mol. The summed E-state index contributed by atoms with van der Waals surface area (Å²) in [4.78, 5) is 11.8. The second-order valence-electron chi connectivity index (χ2n) is 7.19. The van der Waals surface area contributed by atoms with Crippen LogP contribution in [0.4, 0.5) is 0 Å². The maximum atomic E-state index is 4.79. The third kappa shape index (κ3) is 2.82. The maximum absolute atomic E-state index is 4.79. The van der Waals surface area contributed by atoms with Gasteiger partial charge in [0.15, 0.2) is 0 Å². The summed E-state index contributed by atoms with van der Waals surface area (Å²) >= 11 is 0. The van der Waals surface area contributed by atoms with Gasteiger partial charge in [-0.15, -0.1) is 0 Å². The van der Waals surface area contributed by atoms with Crippen molar-refractivity contribution in [3.05, 3.63) is 71.6 Å². The van der Waals surface area contributed by atoms with Gasteiger partial charge in [-0.3, -0.25) is 14.6 Å². The first-order valence-corrected chi connectivity index (χ1v) is 9.33. The van der Waals surface area contributed by atoms with Gasteiger partial charge in [0, 0.05) is 32.0 Å². The molecule has 0 saturated carbocycles. The van der Waals surface area contributed by atoms with Crippen LogP contribution in [-0.2, 0) is 19.6 Å². The molecule has 6 heteroatoms. The first kappa shape index (κ1) is 16.2. The highest BCUT2D eigenvalue weighted by atomic mass is 15.3. The Kier molecular flexibility index (Phi) is 3.79. The van der Waals surface area contributed by atoms with E-state index in [0.29, 0.717) is 0 Å². The van der Waals surface area contributed by atoms with Gasteiger partial charge in [-0.25, -0.2) is 4.98 Å². The first-order valence-electron chi connectivity index (χ1n) is 9.33. The number of imidazole rings is 1. The van der Waals surface area contributed by atoms with Crippen LogP contribution in [-0.4, -0.2) is 35.6 Å². The molecule has 0 saturated heterocycles. The van der Waals surface area contributed by atoms with Gasteiger partial charge in [0.05, 0.1) is 29.1 Å². The molecule has 4 aromatic heterocycles. The number of fused-ring (bicyclic) bond motifs is 2. The van der Waals surface area contributed by atoms with Crippen LogP contribution < -0.4 is 0 Å². The molecule has 0 unspecified atom stereocenters. The monoisotopic (exact) mass is 358 g/mol. The number of pyridine rings is 2. The second-order valence-corrected chi connectivity index (χ2v) is 7.19. The zero-order valence-electron chi connectivity index (χ0n) is 15.6. The van der Waals surface area contributed by atoms with Crippen LogP contribution in [0.15, 0.2) is 48.8 Å². The predicted molar refractivity (Wildman–Crippen MR) is 104 cm³/mol. The van der Waals surface area contributed by atoms with Gasteiger partial charge in [0.25, 0.3) is 0 Å². The van der Waals surface area contributed by atoms with Crippen LogP contribution in [0, 0.1) is 13.8 Å². The molecule has 0 radical (unpaired) electrons. The third-order valence-corrected chi connectivity index (χ3v) is 5.30. The van der Waals surface area contributed by atoms with E-state index < -0.39 is 0 Å². The molecule has 5 rings (SSSR count). The Morgan fingerprint density at radius 3 is 2.89 bits per heavy atom. The van der Waals surface area contributed by atoms with Gasteiger partial charge < -0.3 is 4.40 Å². The Bertz CT molecular complexity index is 1120. The Morgan fingerprint density at radius 1 is 1.07 bits per heavy atom. The van der Waals surface area contributed by atoms with Crippen molar-refractivity contribution in [3.8, 4) is 11.4 Å². The lowest BCUT2D eigenvalue weighted by Crippen LogP contribution is -2.33. The quantitative estimate of drug-likeness (QED) is 0.564. The molecule has 1 aliphatic heterocycles. The van der Waals surface area contributed by atoms with Crippen molar-refractivity contribution in [3.63, 3.8) is 0 Å². The molecule has 1 aliphatic rings. The van der Waals surface area contributed by atoms with E-state index in [1.165, 1.54) is 11.2 Å². The SMILES string of the molecule is Cc1cccnc1-c1cc2n(n1)CCN(Cc1nc(C)n3ccccc13)C2. The molecule has 0 bridgehead atoms. The van der Waals surface area contributed by atoms with E-state index in [4.69, 9.17) is 10.1 Å². The smallest absolute Gasteiger partial charge is 0.111 e. The fraction of sp³-hybridized carbons (Fsp3) is 0.286. The minimum atomic E-state index is 0.852. The molecule has 0 fully saturated rings. The minimum absolute atomic E-state index is 0.852. The zero-order valence-corrected chi connectivity index (χ0v) is 15.6. The van der Waals surface area contributed by atoms with Crippen molar-refractivity contribution in [2.75, 3.05) is 6.54 Å². The molecule has 0 amide bonds. The maximum Gasteiger partial charge on any atom is 0.111 e. The second kappa shape index (κ2) is 6.32. The Labute approximate surface area is 158 Å². The average Bonchev–Trinajstić information content (AvgIpc) is 3.24. The normalized spacial score (nSPS) is 14.6. The number of hydrogen-bond acceptors (Lipinski definition) is 4. The topological polar surface area (TPSA) is 51.2 Å². The molecule has 136 valence electrons. The van der Waals surface area contributed by atoms with Crippen LogP contribution in [0.3, 0.4) is 0 Å². The third-order valence-electron chi connectivity index (χ3n) is 5.30. The fourth-order valence-corrected chi connectivity index (χ4v) is 3.92. The van der Waals surface area contributed by atoms with Gasteiger partial charge in [0.2, 0.25) is 0 Å². The van der Waals surface area contributed by atoms with Gasteiger partial charge in [-0.05, 0) is 43.7 Å². The summed E-state index contributed by atoms with van der Waals surface area (Å²) in [6.07, 6.45) is 3.91. The van der Waals surface area contributed by atoms with Crippen LogP contribution in [0.25, 0.3) is 16.9 Å². The van der Waals surface area contributed by atoms with Crippen molar-refractivity contribution < 1.29 is 0 Å². The van der Waals surface area contributed by atoms with Crippen LogP contribution in [0.2, 0.25) is 0 Å². The highest BCUT2D eigenvalue weighted by Crippen LogP contribution is 2.24. The molecule has 5 heterocycles. The van der Waals surface area contributed by atoms with Crippen molar-refractivity contribution in [1.29, 1.82) is 0 Å². The van der Waals surface area contributed by atoms with Crippen LogP contribution in [0.5, 0.6) is 0 Å². The Morgan fingerprint density at radius 2 is 2.00 bits per heavy atom. The minimum Gasteiger partial charge on any atom is -0.304 e. The Hall–Kier alpha value is -2.99. The van der Waals surface area contributed by atoms with E-state index in [9.17, 15) is 0 Å². The van der Waals surface area contributed by atoms with E-state index in [-0.39, 0.29) is 0 Å². The van der Waals surface area contributed by atoms with E-state index in [2.05, 4.69) is 63.3 Å². The molecule has 0 aliphatic carbocycles. The lowest BCUT2D eigenvalue weighted by molar-refractivity contribution is 0.204. The molecule has 0 spiro atoms. The molecule has 0 N–H and O–H groups in total. The van der Waals surface area contributed by atoms with E-state index in [1.54, 1.807) is 0 Å². The molecule has 0 atom stereocenters. The lowest BCUT2D eigenvalue weighted by atomic mass is 10.1. The molecule has 4 aromatic rings. The fourth-order valence-electron chi connectivity index (χ4n) is 3.92. The van der Waals surface area contributed by atoms with E-state index in [0.717, 1.165) is 54.6 Å². The number of rotatable bonds is 3. The first-order chi connectivity index (χ1) is 13.2. The van der Waals surface area contributed by atoms with Crippen molar-refractivity contribution in [2.24, 2.45) is 0 Å². The number of aryl methyl sites for hydroxylation is 2. The summed E-state index contributed by atoms with van der Waals surface area (Å²) in [6.45, 7) is 7.74. The van der Waals surface area contributed by atoms with Gasteiger partial charge in [-0.2, -0.15) is 5.10 Å². The molecular formula is C21H22N6. The summed E-state index contributed by atoms with van der Waals surface area (Å²) in [5.74, 6) is 1.04. The van der Waals surface area contributed by atoms with Crippen molar-refractivity contribution >= 4 is 5.52 Å². The predicted octanol–water partition coefficient (Wildman–Crippen LogP) is 3.23. The highest BCUT2D eigenvalue weighted by molar-refractivity contribution is 5.58. The summed E-state index contributed by atoms with van der Waals surface area (Å²) in [5, 5.41) is 4.79. The molecular weight excluding hydrogens is 336 g/mol. The van der Waals surface area contributed by atoms with Crippen molar-refractivity contribution in [1.82, 2.24) is 29.0 Å². The van der Waals surface area contributed by atoms with E-state index >= 15 is 0 Å². The summed E-state index contributed by atoms with van der Waals surface area (Å²) in [5.41, 5.74) is 6.67. The van der Waals surface area contributed by atoms with Crippen LogP contribution in [0.1, 0.15) is 22.8 Å². The van der Waals surface area contributed by atoms with Gasteiger partial charge >= 0.3 is 0 Å². The molecule has 6 nitrogen and oxygen atoms in total. The number of aromatic nitrogens is 5. The number of hydrogen-bond donors (Lipinski definition) is 0. The van der Waals surface area contributed by atoms with E-state index in [1.807, 2.05) is 18.3 Å². The highest BCUT2D eigenvalue weighted by Gasteiger charge is 2.21. The van der Waals surface area contributed by atoms with Gasteiger partial charge in [0.1, 0.15) is 11.5 Å². The van der Waals surface area contributed by atoms with Crippen molar-refractivity contribution in [2.45, 2.75) is 33.5 Å². The summed E-state index contributed by atoms with van der Waals surface area (Å²) in [7, 11) is 0. The van der Waals surface area contributed by atoms with Gasteiger partial charge in [-0.1, -0.05) is 12.1 Å². The van der Waals surface area contributed by atoms with Crippen LogP contribution >= 0.6 is 0 Å². The molecule has 0 aromatic carbocycles. The number of nitrogens with zero attached hydrogens (tertiary/aromatic N) is 6. The lowest BCUT2D eigenvalue weighted by Gasteiger charge is -2.26. The Balaban J connectivity index is 1.41. The standard InChI is InChI=1S/C21H22N6/c1-15-6-5-8-22-21(15)18-12-17-13-25(10-11-27(17)24-18)14-19-20-7-3-4-9-26(20)16(2)23-19/h3-9,12H,10-11,13-14H2,1-2H3. The summed E-state index contributed by atoms with van der Waals surface area (Å²) in [6, 6.07) is 12.5. The molecule has 27 heavy (non-hydrogen) atoms.